The van der Waals surface area contributed by atoms with Crippen molar-refractivity contribution in [1.29, 1.82) is 0 Å². The van der Waals surface area contributed by atoms with Crippen LogP contribution in [0.15, 0.2) is 24.4 Å². The SMILES string of the molecule is Cn1ncc2cc[c]cc21. The summed E-state index contributed by atoms with van der Waals surface area (Å²) >= 11 is 0. The summed E-state index contributed by atoms with van der Waals surface area (Å²) in [5, 5.41) is 5.26. The van der Waals surface area contributed by atoms with Crippen molar-refractivity contribution in [1.82, 2.24) is 9.78 Å². The predicted octanol–water partition coefficient (Wildman–Crippen LogP) is 1.37. The fourth-order valence-electron chi connectivity index (χ4n) is 1.03. The summed E-state index contributed by atoms with van der Waals surface area (Å²) in [5.74, 6) is 0. The maximum absolute atomic E-state index is 4.09. The molecule has 2 rings (SSSR count). The fourth-order valence-corrected chi connectivity index (χ4v) is 1.03. The molecule has 0 spiro atoms. The number of rotatable bonds is 0. The van der Waals surface area contributed by atoms with E-state index >= 15 is 0 Å². The number of aromatic nitrogens is 2. The molecule has 2 nitrogen and oxygen atoms in total. The van der Waals surface area contributed by atoms with Gasteiger partial charge in [0, 0.05) is 12.4 Å². The van der Waals surface area contributed by atoms with E-state index in [0.717, 1.165) is 5.52 Å². The molecule has 2 heteroatoms. The van der Waals surface area contributed by atoms with Crippen molar-refractivity contribution in [3.63, 3.8) is 0 Å². The van der Waals surface area contributed by atoms with E-state index in [1.807, 2.05) is 36.1 Å². The van der Waals surface area contributed by atoms with Crippen LogP contribution in [0.2, 0.25) is 0 Å². The first-order valence-electron chi connectivity index (χ1n) is 3.16. The Bertz CT molecular complexity index is 349. The lowest BCUT2D eigenvalue weighted by molar-refractivity contribution is 0.797. The van der Waals surface area contributed by atoms with Crippen LogP contribution < -0.4 is 0 Å². The van der Waals surface area contributed by atoms with Gasteiger partial charge in [0.2, 0.25) is 0 Å². The summed E-state index contributed by atoms with van der Waals surface area (Å²) in [5.41, 5.74) is 1.13. The topological polar surface area (TPSA) is 17.8 Å². The Morgan fingerprint density at radius 3 is 3.30 bits per heavy atom. The van der Waals surface area contributed by atoms with Crippen molar-refractivity contribution in [3.8, 4) is 0 Å². The number of hydrogen-bond acceptors (Lipinski definition) is 1. The summed E-state index contributed by atoms with van der Waals surface area (Å²) in [6.07, 6.45) is 1.85. The molecule has 0 N–H and O–H groups in total. The Morgan fingerprint density at radius 2 is 2.50 bits per heavy atom. The van der Waals surface area contributed by atoms with Crippen LogP contribution in [0.3, 0.4) is 0 Å². The van der Waals surface area contributed by atoms with E-state index in [0.29, 0.717) is 0 Å². The van der Waals surface area contributed by atoms with Gasteiger partial charge in [-0.05, 0) is 12.1 Å². The van der Waals surface area contributed by atoms with Crippen LogP contribution in [-0.2, 0) is 7.05 Å². The van der Waals surface area contributed by atoms with Gasteiger partial charge < -0.3 is 0 Å². The second-order valence-electron chi connectivity index (χ2n) is 2.25. The molecule has 10 heavy (non-hydrogen) atoms. The maximum atomic E-state index is 4.09. The Labute approximate surface area is 59.1 Å². The summed E-state index contributed by atoms with van der Waals surface area (Å²) in [4.78, 5) is 0. The normalized spacial score (nSPS) is 10.5. The highest BCUT2D eigenvalue weighted by atomic mass is 15.2. The van der Waals surface area contributed by atoms with Crippen molar-refractivity contribution in [3.05, 3.63) is 30.5 Å². The van der Waals surface area contributed by atoms with Crippen molar-refractivity contribution in [2.75, 3.05) is 0 Å². The molecule has 1 radical (unpaired) electrons. The Balaban J connectivity index is 2.93. The molecular weight excluding hydrogens is 124 g/mol. The minimum Gasteiger partial charge on any atom is -0.268 e. The fraction of sp³-hybridized carbons (Fsp3) is 0.125. The quantitative estimate of drug-likeness (QED) is 0.528. The molecule has 0 unspecified atom stereocenters. The smallest absolute Gasteiger partial charge is 0.0685 e. The van der Waals surface area contributed by atoms with E-state index in [-0.39, 0.29) is 0 Å². The number of fused-ring (bicyclic) bond motifs is 1. The third-order valence-corrected chi connectivity index (χ3v) is 1.59. The molecule has 0 fully saturated rings. The van der Waals surface area contributed by atoms with Crippen molar-refractivity contribution in [2.24, 2.45) is 7.05 Å². The van der Waals surface area contributed by atoms with E-state index in [1.165, 1.54) is 5.39 Å². The van der Waals surface area contributed by atoms with Crippen molar-refractivity contribution in [2.45, 2.75) is 0 Å². The monoisotopic (exact) mass is 131 g/mol. The van der Waals surface area contributed by atoms with Crippen LogP contribution in [0.1, 0.15) is 0 Å². The summed E-state index contributed by atoms with van der Waals surface area (Å²) in [6.45, 7) is 0. The van der Waals surface area contributed by atoms with Crippen LogP contribution in [0.4, 0.5) is 0 Å². The van der Waals surface area contributed by atoms with E-state index < -0.39 is 0 Å². The summed E-state index contributed by atoms with van der Waals surface area (Å²) < 4.78 is 1.84. The third kappa shape index (κ3) is 0.620. The maximum Gasteiger partial charge on any atom is 0.0685 e. The highest BCUT2D eigenvalue weighted by Gasteiger charge is 1.94. The lowest BCUT2D eigenvalue weighted by Crippen LogP contribution is -1.87. The Hall–Kier alpha value is -1.31. The number of aryl methyl sites for hydroxylation is 1. The first-order valence-corrected chi connectivity index (χ1v) is 3.16. The number of hydrogen-bond donors (Lipinski definition) is 0. The molecule has 1 heterocycles. The average molecular weight is 131 g/mol. The summed E-state index contributed by atoms with van der Waals surface area (Å²) in [6, 6.07) is 8.83. The van der Waals surface area contributed by atoms with Crippen LogP contribution in [0.5, 0.6) is 0 Å². The molecule has 0 amide bonds. The van der Waals surface area contributed by atoms with Crippen LogP contribution in [0, 0.1) is 6.07 Å². The highest BCUT2D eigenvalue weighted by Crippen LogP contribution is 2.09. The zero-order valence-electron chi connectivity index (χ0n) is 5.70. The van der Waals surface area contributed by atoms with E-state index in [2.05, 4.69) is 11.2 Å². The van der Waals surface area contributed by atoms with Gasteiger partial charge in [-0.1, -0.05) is 12.1 Å². The van der Waals surface area contributed by atoms with E-state index in [9.17, 15) is 0 Å². The molecular formula is C8H7N2. The molecule has 1 aromatic carbocycles. The first-order chi connectivity index (χ1) is 4.88. The molecule has 2 aromatic rings. The lowest BCUT2D eigenvalue weighted by Gasteiger charge is -1.89. The molecule has 0 aliphatic rings. The van der Waals surface area contributed by atoms with E-state index in [4.69, 9.17) is 0 Å². The van der Waals surface area contributed by atoms with Crippen LogP contribution in [0.25, 0.3) is 10.9 Å². The van der Waals surface area contributed by atoms with Gasteiger partial charge in [0.15, 0.2) is 0 Å². The zero-order chi connectivity index (χ0) is 6.97. The average Bonchev–Trinajstić information content (AvgIpc) is 2.34. The second kappa shape index (κ2) is 1.84. The number of benzene rings is 1. The minimum atomic E-state index is 1.13. The van der Waals surface area contributed by atoms with Gasteiger partial charge in [-0.15, -0.1) is 0 Å². The van der Waals surface area contributed by atoms with Gasteiger partial charge in [0.25, 0.3) is 0 Å². The standard InChI is InChI=1S/C8H7N2/c1-10-8-5-3-2-4-7(8)6-9-10/h2,4-6H,1H3. The van der Waals surface area contributed by atoms with Gasteiger partial charge >= 0.3 is 0 Å². The zero-order valence-corrected chi connectivity index (χ0v) is 5.70. The number of nitrogens with zero attached hydrogens (tertiary/aromatic N) is 2. The third-order valence-electron chi connectivity index (χ3n) is 1.59. The van der Waals surface area contributed by atoms with Gasteiger partial charge in [-0.3, -0.25) is 4.68 Å². The largest absolute Gasteiger partial charge is 0.268 e. The van der Waals surface area contributed by atoms with E-state index in [1.54, 1.807) is 0 Å². The minimum absolute atomic E-state index is 1.13. The van der Waals surface area contributed by atoms with Gasteiger partial charge in [0.1, 0.15) is 0 Å². The van der Waals surface area contributed by atoms with Crippen molar-refractivity contribution >= 4 is 10.9 Å². The predicted molar refractivity (Wildman–Crippen MR) is 39.6 cm³/mol. The van der Waals surface area contributed by atoms with Gasteiger partial charge in [-0.25, -0.2) is 0 Å². The Morgan fingerprint density at radius 1 is 1.60 bits per heavy atom. The lowest BCUT2D eigenvalue weighted by atomic mass is 10.3. The van der Waals surface area contributed by atoms with Gasteiger partial charge in [0.05, 0.1) is 11.7 Å². The summed E-state index contributed by atoms with van der Waals surface area (Å²) in [7, 11) is 1.93. The molecule has 0 aliphatic heterocycles. The molecule has 0 saturated heterocycles. The molecule has 0 aliphatic carbocycles. The van der Waals surface area contributed by atoms with Crippen LogP contribution in [-0.4, -0.2) is 9.78 Å². The molecule has 0 atom stereocenters. The second-order valence-corrected chi connectivity index (χ2v) is 2.25. The van der Waals surface area contributed by atoms with Crippen LogP contribution >= 0.6 is 0 Å². The molecule has 49 valence electrons. The Kier molecular flexibility index (Phi) is 1.01. The van der Waals surface area contributed by atoms with Crippen molar-refractivity contribution < 1.29 is 0 Å². The van der Waals surface area contributed by atoms with Gasteiger partial charge in [-0.2, -0.15) is 5.10 Å². The molecule has 1 aromatic heterocycles. The molecule has 0 bridgehead atoms. The molecule has 0 saturated carbocycles. The highest BCUT2D eigenvalue weighted by molar-refractivity contribution is 5.77. The first kappa shape index (κ1) is 5.47.